The zero-order chi connectivity index (χ0) is 13.8. The molecule has 0 fully saturated rings. The fourth-order valence-corrected chi connectivity index (χ4v) is 2.68. The molecule has 0 saturated heterocycles. The normalized spacial score (nSPS) is 11.2. The summed E-state index contributed by atoms with van der Waals surface area (Å²) in [5, 5.41) is 17.5. The minimum atomic E-state index is -0.281. The summed E-state index contributed by atoms with van der Waals surface area (Å²) in [6.45, 7) is 2.10. The molecule has 6 nitrogen and oxygen atoms in total. The van der Waals surface area contributed by atoms with E-state index in [-0.39, 0.29) is 12.0 Å². The Hall–Kier alpha value is -1.51. The lowest BCUT2D eigenvalue weighted by molar-refractivity contribution is -0.492. The van der Waals surface area contributed by atoms with E-state index in [1.54, 1.807) is 11.3 Å². The van der Waals surface area contributed by atoms with Crippen molar-refractivity contribution in [1.82, 2.24) is 10.4 Å². The van der Waals surface area contributed by atoms with E-state index in [1.807, 2.05) is 31.2 Å². The van der Waals surface area contributed by atoms with Crippen LogP contribution in [-0.2, 0) is 11.3 Å². The van der Waals surface area contributed by atoms with E-state index in [1.165, 1.54) is 0 Å². The molecule has 0 bridgehead atoms. The summed E-state index contributed by atoms with van der Waals surface area (Å²) in [6, 6.07) is 7.53. The Labute approximate surface area is 114 Å². The summed E-state index contributed by atoms with van der Waals surface area (Å²) in [7, 11) is 0. The Morgan fingerprint density at radius 3 is 2.63 bits per heavy atom. The predicted octanol–water partition coefficient (Wildman–Crippen LogP) is 2.26. The molecule has 4 N–H and O–H groups in total. The van der Waals surface area contributed by atoms with Crippen LogP contribution in [0.3, 0.4) is 0 Å². The molecule has 0 spiro atoms. The maximum absolute atomic E-state index is 8.45. The van der Waals surface area contributed by atoms with Crippen molar-refractivity contribution in [2.75, 3.05) is 12.3 Å². The van der Waals surface area contributed by atoms with E-state index in [2.05, 4.69) is 9.82 Å². The molecule has 2 aromatic rings. The van der Waals surface area contributed by atoms with Gasteiger partial charge in [0.25, 0.3) is 0 Å². The topological polar surface area (TPSA) is 91.8 Å². The van der Waals surface area contributed by atoms with E-state index in [0.29, 0.717) is 6.42 Å². The van der Waals surface area contributed by atoms with Gasteiger partial charge in [-0.3, -0.25) is 15.3 Å². The van der Waals surface area contributed by atoms with Gasteiger partial charge in [-0.2, -0.15) is 0 Å². The molecule has 2 rings (SSSR count). The second kappa shape index (κ2) is 6.09. The molecule has 0 aliphatic heterocycles. The van der Waals surface area contributed by atoms with Crippen LogP contribution in [0.1, 0.15) is 10.6 Å². The standard InChI is InChI=1S/C12H15N3O3S/c1-8-11(6-7-18-15(16)17)19-12(14-8)9-2-4-10(13)5-3-9/h2-5,16-17H,6-7,13H2,1H3. The molecule has 19 heavy (non-hydrogen) atoms. The van der Waals surface area contributed by atoms with E-state index < -0.39 is 0 Å². The van der Waals surface area contributed by atoms with Gasteiger partial charge < -0.3 is 5.73 Å². The van der Waals surface area contributed by atoms with Crippen LogP contribution in [0.4, 0.5) is 5.69 Å². The maximum Gasteiger partial charge on any atom is 0.123 e. The van der Waals surface area contributed by atoms with Gasteiger partial charge in [0, 0.05) is 22.5 Å². The van der Waals surface area contributed by atoms with Gasteiger partial charge >= 0.3 is 0 Å². The van der Waals surface area contributed by atoms with Crippen molar-refractivity contribution in [1.29, 1.82) is 0 Å². The number of thiazole rings is 1. The highest BCUT2D eigenvalue weighted by molar-refractivity contribution is 7.15. The van der Waals surface area contributed by atoms with E-state index in [0.717, 1.165) is 26.8 Å². The summed E-state index contributed by atoms with van der Waals surface area (Å²) < 4.78 is 0. The third-order valence-electron chi connectivity index (χ3n) is 2.59. The van der Waals surface area contributed by atoms with Crippen LogP contribution in [0, 0.1) is 6.92 Å². The second-order valence-corrected chi connectivity index (χ2v) is 5.07. The third kappa shape index (κ3) is 3.72. The molecule has 0 atom stereocenters. The maximum atomic E-state index is 8.45. The van der Waals surface area contributed by atoms with Crippen LogP contribution in [0.5, 0.6) is 0 Å². The zero-order valence-corrected chi connectivity index (χ0v) is 11.2. The number of nitrogens with zero attached hydrogens (tertiary/aromatic N) is 2. The average molecular weight is 281 g/mol. The van der Waals surface area contributed by atoms with Gasteiger partial charge in [-0.15, -0.1) is 11.3 Å². The Kier molecular flexibility index (Phi) is 4.46. The van der Waals surface area contributed by atoms with Gasteiger partial charge in [0.2, 0.25) is 0 Å². The van der Waals surface area contributed by atoms with Crippen molar-refractivity contribution >= 4 is 17.0 Å². The molecule has 0 saturated carbocycles. The fraction of sp³-hybridized carbons (Fsp3) is 0.250. The molecule has 0 aliphatic rings. The van der Waals surface area contributed by atoms with Gasteiger partial charge in [-0.05, 0) is 31.2 Å². The van der Waals surface area contributed by atoms with Gasteiger partial charge in [0.15, 0.2) is 0 Å². The summed E-state index contributed by atoms with van der Waals surface area (Å²) in [5.41, 5.74) is 8.30. The number of aromatic nitrogens is 1. The molecule has 102 valence electrons. The third-order valence-corrected chi connectivity index (χ3v) is 3.85. The predicted molar refractivity (Wildman–Crippen MR) is 71.8 cm³/mol. The quantitative estimate of drug-likeness (QED) is 0.575. The first-order valence-electron chi connectivity index (χ1n) is 5.69. The summed E-state index contributed by atoms with van der Waals surface area (Å²) in [4.78, 5) is 10.1. The number of aryl methyl sites for hydroxylation is 1. The molecular weight excluding hydrogens is 266 g/mol. The van der Waals surface area contributed by atoms with Crippen LogP contribution in [0.2, 0.25) is 0 Å². The number of nitrogen functional groups attached to an aromatic ring is 1. The minimum absolute atomic E-state index is 0.178. The van der Waals surface area contributed by atoms with E-state index in [4.69, 9.17) is 16.1 Å². The van der Waals surface area contributed by atoms with Crippen LogP contribution in [-0.4, -0.2) is 27.4 Å². The van der Waals surface area contributed by atoms with Crippen LogP contribution in [0.15, 0.2) is 24.3 Å². The van der Waals surface area contributed by atoms with Crippen molar-refractivity contribution in [2.45, 2.75) is 13.3 Å². The number of benzene rings is 1. The number of rotatable bonds is 5. The fourth-order valence-electron chi connectivity index (χ4n) is 1.63. The highest BCUT2D eigenvalue weighted by atomic mass is 32.1. The van der Waals surface area contributed by atoms with Crippen molar-refractivity contribution < 1.29 is 15.3 Å². The second-order valence-electron chi connectivity index (χ2n) is 3.99. The van der Waals surface area contributed by atoms with E-state index in [9.17, 15) is 0 Å². The zero-order valence-electron chi connectivity index (χ0n) is 10.4. The Balaban J connectivity index is 2.09. The molecular formula is C12H15N3O3S. The lowest BCUT2D eigenvalue weighted by atomic mass is 10.2. The highest BCUT2D eigenvalue weighted by Crippen LogP contribution is 2.28. The lowest BCUT2D eigenvalue weighted by Gasteiger charge is -2.04. The van der Waals surface area contributed by atoms with Gasteiger partial charge in [-0.1, -0.05) is 0 Å². The van der Waals surface area contributed by atoms with Crippen LogP contribution in [0.25, 0.3) is 10.6 Å². The van der Waals surface area contributed by atoms with Crippen LogP contribution < -0.4 is 5.73 Å². The van der Waals surface area contributed by atoms with Crippen molar-refractivity contribution in [3.05, 3.63) is 34.8 Å². The molecule has 0 aliphatic carbocycles. The summed E-state index contributed by atoms with van der Waals surface area (Å²) >= 11 is 1.56. The van der Waals surface area contributed by atoms with Crippen molar-refractivity contribution in [3.63, 3.8) is 0 Å². The Morgan fingerprint density at radius 1 is 1.32 bits per heavy atom. The van der Waals surface area contributed by atoms with E-state index >= 15 is 0 Å². The first-order valence-corrected chi connectivity index (χ1v) is 6.51. The summed E-state index contributed by atoms with van der Waals surface area (Å²) in [5.74, 6) is 0. The molecule has 1 aromatic carbocycles. The molecule has 0 unspecified atom stereocenters. The first-order chi connectivity index (χ1) is 9.06. The SMILES string of the molecule is Cc1nc(-c2ccc(N)cc2)sc1CCON(O)O. The first kappa shape index (κ1) is 13.9. The smallest absolute Gasteiger partial charge is 0.123 e. The molecule has 1 aromatic heterocycles. The number of nitrogens with two attached hydrogens (primary N) is 1. The Morgan fingerprint density at radius 2 is 2.00 bits per heavy atom. The van der Waals surface area contributed by atoms with Crippen LogP contribution >= 0.6 is 11.3 Å². The minimum Gasteiger partial charge on any atom is -0.399 e. The average Bonchev–Trinajstić information content (AvgIpc) is 2.71. The van der Waals surface area contributed by atoms with Gasteiger partial charge in [0.1, 0.15) is 5.01 Å². The molecule has 0 radical (unpaired) electrons. The number of hydrogen-bond acceptors (Lipinski definition) is 7. The van der Waals surface area contributed by atoms with Gasteiger partial charge in [-0.25, -0.2) is 4.98 Å². The lowest BCUT2D eigenvalue weighted by Crippen LogP contribution is -2.16. The molecule has 0 amide bonds. The molecule has 7 heteroatoms. The largest absolute Gasteiger partial charge is 0.399 e. The van der Waals surface area contributed by atoms with Crippen molar-refractivity contribution in [2.24, 2.45) is 0 Å². The number of hydrogen-bond donors (Lipinski definition) is 3. The molecule has 1 heterocycles. The monoisotopic (exact) mass is 281 g/mol. The summed E-state index contributed by atoms with van der Waals surface area (Å²) in [6.07, 6.45) is 0.566. The highest BCUT2D eigenvalue weighted by Gasteiger charge is 2.09. The number of anilines is 1. The Bertz CT molecular complexity index is 540. The van der Waals surface area contributed by atoms with Gasteiger partial charge in [0.05, 0.1) is 17.7 Å². The van der Waals surface area contributed by atoms with Crippen molar-refractivity contribution in [3.8, 4) is 10.6 Å².